The summed E-state index contributed by atoms with van der Waals surface area (Å²) in [5, 5.41) is 2.90. The Labute approximate surface area is 166 Å². The van der Waals surface area contributed by atoms with Crippen molar-refractivity contribution in [2.75, 3.05) is 18.4 Å². The minimum Gasteiger partial charge on any atom is -0.481 e. The number of nitrogens with one attached hydrogen (secondary N) is 1. The Morgan fingerprint density at radius 2 is 1.71 bits per heavy atom. The van der Waals surface area contributed by atoms with Crippen LogP contribution in [0.5, 0.6) is 5.75 Å². The smallest absolute Gasteiger partial charge is 0.265 e. The fraction of sp³-hybridized carbons (Fsp3) is 0.391. The van der Waals surface area contributed by atoms with Crippen LogP contribution in [0.4, 0.5) is 5.69 Å². The van der Waals surface area contributed by atoms with Gasteiger partial charge in [0.25, 0.3) is 11.8 Å². The molecule has 0 unspecified atom stereocenters. The van der Waals surface area contributed by atoms with Gasteiger partial charge in [-0.3, -0.25) is 9.59 Å². The maximum absolute atomic E-state index is 12.9. The molecular formula is C23H28N2O3. The molecular weight excluding hydrogens is 352 g/mol. The first-order chi connectivity index (χ1) is 13.6. The number of amides is 2. The fourth-order valence-corrected chi connectivity index (χ4v) is 3.36. The summed E-state index contributed by atoms with van der Waals surface area (Å²) in [6.07, 6.45) is 3.13. The zero-order valence-electron chi connectivity index (χ0n) is 16.6. The number of nitrogens with zero attached hydrogens (tertiary/aromatic N) is 1. The minimum absolute atomic E-state index is 0.0249. The van der Waals surface area contributed by atoms with Gasteiger partial charge in [-0.15, -0.1) is 0 Å². The van der Waals surface area contributed by atoms with Crippen molar-refractivity contribution < 1.29 is 14.3 Å². The topological polar surface area (TPSA) is 58.6 Å². The van der Waals surface area contributed by atoms with Crippen molar-refractivity contribution in [3.63, 3.8) is 0 Å². The molecule has 1 fully saturated rings. The van der Waals surface area contributed by atoms with Crippen molar-refractivity contribution in [1.29, 1.82) is 0 Å². The average Bonchev–Trinajstić information content (AvgIpc) is 2.73. The summed E-state index contributed by atoms with van der Waals surface area (Å²) in [6, 6.07) is 14.8. The highest BCUT2D eigenvalue weighted by atomic mass is 16.5. The monoisotopic (exact) mass is 380 g/mol. The number of hydrogen-bond donors (Lipinski definition) is 1. The first-order valence-corrected chi connectivity index (χ1v) is 10.0. The molecule has 5 nitrogen and oxygen atoms in total. The van der Waals surface area contributed by atoms with E-state index in [1.165, 1.54) is 0 Å². The molecule has 1 heterocycles. The second-order valence-corrected chi connectivity index (χ2v) is 7.22. The molecule has 1 aliphatic rings. The van der Waals surface area contributed by atoms with Crippen LogP contribution in [-0.4, -0.2) is 35.9 Å². The van der Waals surface area contributed by atoms with Gasteiger partial charge in [0, 0.05) is 13.1 Å². The van der Waals surface area contributed by atoms with Crippen molar-refractivity contribution in [2.45, 2.75) is 45.6 Å². The van der Waals surface area contributed by atoms with Gasteiger partial charge in [0.1, 0.15) is 5.75 Å². The van der Waals surface area contributed by atoms with Gasteiger partial charge in [-0.1, -0.05) is 36.8 Å². The zero-order valence-corrected chi connectivity index (χ0v) is 16.6. The molecule has 1 N–H and O–H groups in total. The van der Waals surface area contributed by atoms with Crippen molar-refractivity contribution in [1.82, 2.24) is 4.90 Å². The quantitative estimate of drug-likeness (QED) is 0.807. The second kappa shape index (κ2) is 9.40. The van der Waals surface area contributed by atoms with Gasteiger partial charge in [0.2, 0.25) is 0 Å². The SMILES string of the molecule is CC[C@H](Oc1ccc(C)cc1)C(=O)Nc1ccccc1C(=O)N1CCCCC1. The van der Waals surface area contributed by atoms with Crippen molar-refractivity contribution in [2.24, 2.45) is 0 Å². The summed E-state index contributed by atoms with van der Waals surface area (Å²) in [5.74, 6) is 0.385. The number of aryl methyl sites for hydroxylation is 1. The maximum Gasteiger partial charge on any atom is 0.265 e. The number of rotatable bonds is 6. The van der Waals surface area contributed by atoms with Gasteiger partial charge in [-0.05, 0) is 56.9 Å². The lowest BCUT2D eigenvalue weighted by molar-refractivity contribution is -0.122. The second-order valence-electron chi connectivity index (χ2n) is 7.22. The van der Waals surface area contributed by atoms with Gasteiger partial charge >= 0.3 is 0 Å². The standard InChI is InChI=1S/C23H28N2O3/c1-3-21(28-18-13-11-17(2)12-14-18)22(26)24-20-10-6-5-9-19(20)23(27)25-15-7-4-8-16-25/h5-6,9-14,21H,3-4,7-8,15-16H2,1-2H3,(H,24,26)/t21-/m0/s1. The van der Waals surface area contributed by atoms with Crippen LogP contribution in [0.15, 0.2) is 48.5 Å². The molecule has 5 heteroatoms. The Morgan fingerprint density at radius 3 is 2.39 bits per heavy atom. The third-order valence-corrected chi connectivity index (χ3v) is 5.02. The lowest BCUT2D eigenvalue weighted by Crippen LogP contribution is -2.37. The van der Waals surface area contributed by atoms with E-state index in [1.807, 2.05) is 55.1 Å². The molecule has 3 rings (SSSR count). The van der Waals surface area contributed by atoms with E-state index >= 15 is 0 Å². The predicted octanol–water partition coefficient (Wildman–Crippen LogP) is 4.42. The summed E-state index contributed by atoms with van der Waals surface area (Å²) < 4.78 is 5.86. The van der Waals surface area contributed by atoms with Gasteiger partial charge in [-0.2, -0.15) is 0 Å². The lowest BCUT2D eigenvalue weighted by atomic mass is 10.1. The van der Waals surface area contributed by atoms with Crippen LogP contribution >= 0.6 is 0 Å². The van der Waals surface area contributed by atoms with E-state index in [4.69, 9.17) is 4.74 Å². The molecule has 148 valence electrons. The number of ether oxygens (including phenoxy) is 1. The van der Waals surface area contributed by atoms with Crippen LogP contribution in [0.1, 0.15) is 48.5 Å². The van der Waals surface area contributed by atoms with E-state index in [9.17, 15) is 9.59 Å². The number of likely N-dealkylation sites (tertiary alicyclic amines) is 1. The number of carbonyl (C=O) groups excluding carboxylic acids is 2. The number of para-hydroxylation sites is 1. The number of hydrogen-bond acceptors (Lipinski definition) is 3. The molecule has 2 aromatic carbocycles. The van der Waals surface area contributed by atoms with E-state index in [0.29, 0.717) is 23.4 Å². The lowest BCUT2D eigenvalue weighted by Gasteiger charge is -2.27. The molecule has 0 bridgehead atoms. The first-order valence-electron chi connectivity index (χ1n) is 10.0. The summed E-state index contributed by atoms with van der Waals surface area (Å²) >= 11 is 0. The number of carbonyl (C=O) groups is 2. The van der Waals surface area contributed by atoms with E-state index in [0.717, 1.165) is 37.9 Å². The first kappa shape index (κ1) is 19.9. The summed E-state index contributed by atoms with van der Waals surface area (Å²) in [7, 11) is 0. The Kier molecular flexibility index (Phi) is 6.69. The molecule has 28 heavy (non-hydrogen) atoms. The molecule has 0 spiro atoms. The summed E-state index contributed by atoms with van der Waals surface area (Å²) in [4.78, 5) is 27.6. The van der Waals surface area contributed by atoms with E-state index in [1.54, 1.807) is 12.1 Å². The number of piperidine rings is 1. The highest BCUT2D eigenvalue weighted by molar-refractivity contribution is 6.04. The van der Waals surface area contributed by atoms with Gasteiger partial charge in [-0.25, -0.2) is 0 Å². The zero-order chi connectivity index (χ0) is 19.9. The summed E-state index contributed by atoms with van der Waals surface area (Å²) in [5.41, 5.74) is 2.20. The molecule has 2 amide bonds. The van der Waals surface area contributed by atoms with E-state index in [2.05, 4.69) is 5.32 Å². The van der Waals surface area contributed by atoms with Crippen molar-refractivity contribution >= 4 is 17.5 Å². The van der Waals surface area contributed by atoms with Crippen molar-refractivity contribution in [3.05, 3.63) is 59.7 Å². The number of anilines is 1. The summed E-state index contributed by atoms with van der Waals surface area (Å²) in [6.45, 7) is 5.46. The third kappa shape index (κ3) is 4.91. The predicted molar refractivity (Wildman–Crippen MR) is 111 cm³/mol. The van der Waals surface area contributed by atoms with Crippen molar-refractivity contribution in [3.8, 4) is 5.75 Å². The van der Waals surface area contributed by atoms with Crippen LogP contribution in [0.25, 0.3) is 0 Å². The molecule has 2 aromatic rings. The highest BCUT2D eigenvalue weighted by Gasteiger charge is 2.24. The maximum atomic E-state index is 12.9. The van der Waals surface area contributed by atoms with Crippen LogP contribution in [0.3, 0.4) is 0 Å². The van der Waals surface area contributed by atoms with Crippen LogP contribution in [-0.2, 0) is 4.79 Å². The molecule has 1 saturated heterocycles. The molecule has 0 aliphatic carbocycles. The normalized spacial score (nSPS) is 15.0. The molecule has 0 saturated carbocycles. The highest BCUT2D eigenvalue weighted by Crippen LogP contribution is 2.21. The molecule has 0 aromatic heterocycles. The van der Waals surface area contributed by atoms with E-state index < -0.39 is 6.10 Å². The third-order valence-electron chi connectivity index (χ3n) is 5.02. The Balaban J connectivity index is 1.72. The van der Waals surface area contributed by atoms with Gasteiger partial charge < -0.3 is 15.0 Å². The van der Waals surface area contributed by atoms with Gasteiger partial charge in [0.15, 0.2) is 6.10 Å². The molecule has 1 aliphatic heterocycles. The van der Waals surface area contributed by atoms with E-state index in [-0.39, 0.29) is 11.8 Å². The Hall–Kier alpha value is -2.82. The van der Waals surface area contributed by atoms with Gasteiger partial charge in [0.05, 0.1) is 11.3 Å². The Bertz CT molecular complexity index is 811. The molecule has 0 radical (unpaired) electrons. The fourth-order valence-electron chi connectivity index (χ4n) is 3.36. The molecule has 1 atom stereocenters. The average molecular weight is 380 g/mol. The van der Waals surface area contributed by atoms with Crippen LogP contribution in [0, 0.1) is 6.92 Å². The van der Waals surface area contributed by atoms with Crippen LogP contribution in [0.2, 0.25) is 0 Å². The van der Waals surface area contributed by atoms with Crippen LogP contribution < -0.4 is 10.1 Å². The minimum atomic E-state index is -0.624. The Morgan fingerprint density at radius 1 is 1.04 bits per heavy atom. The largest absolute Gasteiger partial charge is 0.481 e. The number of benzene rings is 2.